The summed E-state index contributed by atoms with van der Waals surface area (Å²) in [7, 11) is 1.77. The normalized spacial score (nSPS) is 31.0. The van der Waals surface area contributed by atoms with E-state index in [0.717, 1.165) is 5.92 Å². The van der Waals surface area contributed by atoms with Gasteiger partial charge in [0.25, 0.3) is 0 Å². The third-order valence-electron chi connectivity index (χ3n) is 3.25. The van der Waals surface area contributed by atoms with Crippen LogP contribution in [0.3, 0.4) is 0 Å². The summed E-state index contributed by atoms with van der Waals surface area (Å²) >= 11 is 0. The molecule has 0 aromatic rings. The van der Waals surface area contributed by atoms with Crippen LogP contribution >= 0.6 is 0 Å². The van der Waals surface area contributed by atoms with Crippen LogP contribution in [-0.2, 0) is 8.85 Å². The fraction of sp³-hybridized carbons (Fsp3) is 1.00. The smallest absolute Gasteiger partial charge is 0.337 e. The highest BCUT2D eigenvalue weighted by atomic mass is 28.4. The summed E-state index contributed by atoms with van der Waals surface area (Å²) in [6, 6.07) is 0. The minimum absolute atomic E-state index is 0.711. The highest BCUT2D eigenvalue weighted by Crippen LogP contribution is 2.41. The Morgan fingerprint density at radius 2 is 1.75 bits per heavy atom. The van der Waals surface area contributed by atoms with Gasteiger partial charge in [-0.1, -0.05) is 13.3 Å². The van der Waals surface area contributed by atoms with E-state index in [1.54, 1.807) is 14.2 Å². The Kier molecular flexibility index (Phi) is 3.32. The second-order valence-electron chi connectivity index (χ2n) is 4.04. The molecule has 1 saturated carbocycles. The molecule has 3 heteroatoms. The zero-order valence-corrected chi connectivity index (χ0v) is 9.59. The van der Waals surface area contributed by atoms with Crippen LogP contribution in [0.5, 0.6) is 0 Å². The van der Waals surface area contributed by atoms with Crippen LogP contribution in [0.25, 0.3) is 0 Å². The minimum Gasteiger partial charge on any atom is -0.398 e. The molecule has 0 amide bonds. The van der Waals surface area contributed by atoms with E-state index in [9.17, 15) is 0 Å². The van der Waals surface area contributed by atoms with Gasteiger partial charge in [-0.15, -0.1) is 0 Å². The summed E-state index contributed by atoms with van der Waals surface area (Å²) in [4.78, 5) is 0. The summed E-state index contributed by atoms with van der Waals surface area (Å²) in [5.74, 6) is 0.868. The maximum Gasteiger partial charge on any atom is 0.337 e. The van der Waals surface area contributed by atoms with Gasteiger partial charge in [-0.2, -0.15) is 0 Å². The molecule has 1 aliphatic rings. The molecule has 0 aliphatic heterocycles. The number of hydrogen-bond acceptors (Lipinski definition) is 2. The Balaban J connectivity index is 2.55. The van der Waals surface area contributed by atoms with Gasteiger partial charge in [-0.3, -0.25) is 0 Å². The van der Waals surface area contributed by atoms with Crippen molar-refractivity contribution in [1.82, 2.24) is 0 Å². The highest BCUT2D eigenvalue weighted by Gasteiger charge is 2.42. The molecule has 0 saturated heterocycles. The fourth-order valence-electron chi connectivity index (χ4n) is 2.10. The predicted octanol–water partition coefficient (Wildman–Crippen LogP) is 2.54. The Labute approximate surface area is 76.5 Å². The third-order valence-corrected chi connectivity index (χ3v) is 6.88. The van der Waals surface area contributed by atoms with Crippen LogP contribution in [0.1, 0.15) is 26.2 Å². The van der Waals surface area contributed by atoms with E-state index in [1.807, 2.05) is 0 Å². The monoisotopic (exact) mass is 188 g/mol. The molecule has 0 heterocycles. The second kappa shape index (κ2) is 3.90. The zero-order valence-electron chi connectivity index (χ0n) is 8.59. The van der Waals surface area contributed by atoms with Crippen molar-refractivity contribution in [1.29, 1.82) is 0 Å². The quantitative estimate of drug-likeness (QED) is 0.634. The summed E-state index contributed by atoms with van der Waals surface area (Å²) in [6.45, 7) is 4.50. The van der Waals surface area contributed by atoms with Gasteiger partial charge in [0.15, 0.2) is 0 Å². The molecule has 12 heavy (non-hydrogen) atoms. The molecule has 0 aromatic heterocycles. The summed E-state index contributed by atoms with van der Waals surface area (Å²) in [6.07, 6.45) is 3.94. The Morgan fingerprint density at radius 1 is 1.17 bits per heavy atom. The van der Waals surface area contributed by atoms with E-state index in [1.165, 1.54) is 19.3 Å². The maximum absolute atomic E-state index is 5.54. The van der Waals surface area contributed by atoms with Gasteiger partial charge in [-0.25, -0.2) is 0 Å². The molecule has 2 atom stereocenters. The van der Waals surface area contributed by atoms with Gasteiger partial charge >= 0.3 is 8.56 Å². The van der Waals surface area contributed by atoms with Crippen molar-refractivity contribution in [3.05, 3.63) is 0 Å². The molecule has 0 spiro atoms. The molecule has 0 bridgehead atoms. The Bertz CT molecular complexity index is 145. The van der Waals surface area contributed by atoms with Crippen LogP contribution in [0.4, 0.5) is 0 Å². The van der Waals surface area contributed by atoms with E-state index in [0.29, 0.717) is 5.54 Å². The number of rotatable bonds is 3. The average molecular weight is 188 g/mol. The predicted molar refractivity (Wildman–Crippen MR) is 52.4 cm³/mol. The first-order chi connectivity index (χ1) is 5.62. The van der Waals surface area contributed by atoms with Crippen molar-refractivity contribution in [3.8, 4) is 0 Å². The van der Waals surface area contributed by atoms with Gasteiger partial charge in [0, 0.05) is 19.8 Å². The average Bonchev–Trinajstić information content (AvgIpc) is 2.51. The molecule has 2 nitrogen and oxygen atoms in total. The molecule has 2 unspecified atom stereocenters. The molecule has 72 valence electrons. The number of hydrogen-bond donors (Lipinski definition) is 0. The van der Waals surface area contributed by atoms with E-state index >= 15 is 0 Å². The van der Waals surface area contributed by atoms with E-state index in [4.69, 9.17) is 8.85 Å². The summed E-state index contributed by atoms with van der Waals surface area (Å²) in [5, 5.41) is 0. The first kappa shape index (κ1) is 10.2. The molecular formula is C9H20O2Si. The van der Waals surface area contributed by atoms with Crippen molar-refractivity contribution in [3.63, 3.8) is 0 Å². The molecule has 0 aromatic carbocycles. The highest BCUT2D eigenvalue weighted by molar-refractivity contribution is 6.67. The molecule has 0 radical (unpaired) electrons. The standard InChI is InChI=1S/C9H20O2Si/c1-8-5-6-9(7-8)12(4,10-2)11-3/h8-9H,5-7H2,1-4H3. The maximum atomic E-state index is 5.54. The van der Waals surface area contributed by atoms with Gasteiger partial charge in [-0.05, 0) is 25.3 Å². The van der Waals surface area contributed by atoms with E-state index in [-0.39, 0.29) is 0 Å². The zero-order chi connectivity index (χ0) is 9.19. The van der Waals surface area contributed by atoms with Crippen LogP contribution in [-0.4, -0.2) is 22.8 Å². The van der Waals surface area contributed by atoms with Gasteiger partial charge in [0.05, 0.1) is 0 Å². The lowest BCUT2D eigenvalue weighted by molar-refractivity contribution is 0.235. The Hall–Kier alpha value is 0.137. The van der Waals surface area contributed by atoms with Crippen LogP contribution in [0, 0.1) is 5.92 Å². The molecule has 1 fully saturated rings. The Morgan fingerprint density at radius 3 is 2.08 bits per heavy atom. The topological polar surface area (TPSA) is 18.5 Å². The van der Waals surface area contributed by atoms with E-state index < -0.39 is 8.56 Å². The lowest BCUT2D eigenvalue weighted by Gasteiger charge is -2.29. The lowest BCUT2D eigenvalue weighted by Crippen LogP contribution is -2.40. The van der Waals surface area contributed by atoms with E-state index in [2.05, 4.69) is 13.5 Å². The van der Waals surface area contributed by atoms with Crippen molar-refractivity contribution in [2.75, 3.05) is 14.2 Å². The largest absolute Gasteiger partial charge is 0.398 e. The molecule has 0 N–H and O–H groups in total. The molecular weight excluding hydrogens is 168 g/mol. The van der Waals surface area contributed by atoms with Crippen molar-refractivity contribution in [2.45, 2.75) is 38.3 Å². The van der Waals surface area contributed by atoms with Gasteiger partial charge in [0.1, 0.15) is 0 Å². The SMILES string of the molecule is CO[Si](C)(OC)C1CCC(C)C1. The third kappa shape index (κ3) is 1.89. The summed E-state index contributed by atoms with van der Waals surface area (Å²) < 4.78 is 11.1. The first-order valence-corrected chi connectivity index (χ1v) is 7.12. The fourth-order valence-corrected chi connectivity index (χ4v) is 4.45. The van der Waals surface area contributed by atoms with Crippen LogP contribution in [0.2, 0.25) is 12.1 Å². The van der Waals surface area contributed by atoms with Crippen LogP contribution < -0.4 is 0 Å². The minimum atomic E-state index is -1.81. The van der Waals surface area contributed by atoms with Crippen LogP contribution in [0.15, 0.2) is 0 Å². The second-order valence-corrected chi connectivity index (χ2v) is 7.70. The van der Waals surface area contributed by atoms with Crippen molar-refractivity contribution >= 4 is 8.56 Å². The molecule has 1 aliphatic carbocycles. The molecule has 1 rings (SSSR count). The van der Waals surface area contributed by atoms with Gasteiger partial charge in [0.2, 0.25) is 0 Å². The van der Waals surface area contributed by atoms with Crippen molar-refractivity contribution < 1.29 is 8.85 Å². The van der Waals surface area contributed by atoms with Gasteiger partial charge < -0.3 is 8.85 Å². The van der Waals surface area contributed by atoms with Crippen molar-refractivity contribution in [2.24, 2.45) is 5.92 Å². The first-order valence-electron chi connectivity index (χ1n) is 4.72. The summed E-state index contributed by atoms with van der Waals surface area (Å²) in [5.41, 5.74) is 0.711. The lowest BCUT2D eigenvalue weighted by atomic mass is 10.1.